The SMILES string of the molecule is CC(C)(C)C1NCC2CCC1N2C(C)(C)C. The molecule has 94 valence electrons. The van der Waals surface area contributed by atoms with E-state index in [-0.39, 0.29) is 0 Å². The lowest BCUT2D eigenvalue weighted by Gasteiger charge is -2.51. The number of piperazine rings is 1. The summed E-state index contributed by atoms with van der Waals surface area (Å²) in [4.78, 5) is 2.78. The molecule has 16 heavy (non-hydrogen) atoms. The third-order valence-electron chi connectivity index (χ3n) is 4.21. The van der Waals surface area contributed by atoms with Crippen molar-refractivity contribution in [3.05, 3.63) is 0 Å². The molecule has 2 rings (SSSR count). The lowest BCUT2D eigenvalue weighted by atomic mass is 9.80. The number of nitrogens with one attached hydrogen (secondary N) is 1. The van der Waals surface area contributed by atoms with Gasteiger partial charge in [-0.15, -0.1) is 0 Å². The van der Waals surface area contributed by atoms with Crippen LogP contribution >= 0.6 is 0 Å². The molecule has 2 bridgehead atoms. The Morgan fingerprint density at radius 1 is 1.00 bits per heavy atom. The Labute approximate surface area is 101 Å². The van der Waals surface area contributed by atoms with Crippen LogP contribution in [0.25, 0.3) is 0 Å². The minimum Gasteiger partial charge on any atom is -0.310 e. The van der Waals surface area contributed by atoms with Crippen molar-refractivity contribution in [2.45, 2.75) is 78.0 Å². The molecule has 3 unspecified atom stereocenters. The van der Waals surface area contributed by atoms with Crippen molar-refractivity contribution >= 4 is 0 Å². The maximum Gasteiger partial charge on any atom is 0.0272 e. The monoisotopic (exact) mass is 224 g/mol. The van der Waals surface area contributed by atoms with E-state index in [1.54, 1.807) is 0 Å². The van der Waals surface area contributed by atoms with E-state index in [0.29, 0.717) is 17.0 Å². The zero-order valence-electron chi connectivity index (χ0n) is 11.8. The lowest BCUT2D eigenvalue weighted by molar-refractivity contribution is 0.00248. The summed E-state index contributed by atoms with van der Waals surface area (Å²) in [6.45, 7) is 15.4. The Bertz CT molecular complexity index is 259. The van der Waals surface area contributed by atoms with E-state index in [2.05, 4.69) is 51.8 Å². The summed E-state index contributed by atoms with van der Waals surface area (Å²) in [7, 11) is 0. The maximum absolute atomic E-state index is 3.78. The van der Waals surface area contributed by atoms with E-state index in [1.165, 1.54) is 19.4 Å². The minimum absolute atomic E-state index is 0.317. The fourth-order valence-electron chi connectivity index (χ4n) is 3.77. The molecular formula is C14H28N2. The van der Waals surface area contributed by atoms with Crippen LogP contribution in [0.5, 0.6) is 0 Å². The Hall–Kier alpha value is -0.0800. The first kappa shape index (κ1) is 12.4. The van der Waals surface area contributed by atoms with E-state index < -0.39 is 0 Å². The molecular weight excluding hydrogens is 196 g/mol. The summed E-state index contributed by atoms with van der Waals surface area (Å²) in [6.07, 6.45) is 2.75. The van der Waals surface area contributed by atoms with Gasteiger partial charge in [0.05, 0.1) is 0 Å². The van der Waals surface area contributed by atoms with Crippen molar-refractivity contribution in [2.75, 3.05) is 6.54 Å². The molecule has 0 aliphatic carbocycles. The van der Waals surface area contributed by atoms with Crippen LogP contribution < -0.4 is 5.32 Å². The molecule has 0 spiro atoms. The van der Waals surface area contributed by atoms with Crippen LogP contribution in [0.1, 0.15) is 54.4 Å². The van der Waals surface area contributed by atoms with Gasteiger partial charge in [-0.2, -0.15) is 0 Å². The third-order valence-corrected chi connectivity index (χ3v) is 4.21. The predicted molar refractivity (Wildman–Crippen MR) is 69.6 cm³/mol. The summed E-state index contributed by atoms with van der Waals surface area (Å²) in [6, 6.07) is 2.15. The predicted octanol–water partition coefficient (Wildman–Crippen LogP) is 2.64. The molecule has 2 nitrogen and oxygen atoms in total. The van der Waals surface area contributed by atoms with Crippen molar-refractivity contribution in [2.24, 2.45) is 5.41 Å². The summed E-state index contributed by atoms with van der Waals surface area (Å²) in [5, 5.41) is 3.78. The van der Waals surface area contributed by atoms with Gasteiger partial charge in [-0.25, -0.2) is 0 Å². The van der Waals surface area contributed by atoms with Crippen LogP contribution in [0.2, 0.25) is 0 Å². The van der Waals surface area contributed by atoms with Crippen molar-refractivity contribution in [1.82, 2.24) is 10.2 Å². The highest BCUT2D eigenvalue weighted by atomic mass is 15.3. The van der Waals surface area contributed by atoms with Crippen molar-refractivity contribution in [3.63, 3.8) is 0 Å². The van der Waals surface area contributed by atoms with Crippen LogP contribution in [0.3, 0.4) is 0 Å². The van der Waals surface area contributed by atoms with Gasteiger partial charge >= 0.3 is 0 Å². The van der Waals surface area contributed by atoms with E-state index in [9.17, 15) is 0 Å². The molecule has 0 aromatic carbocycles. The Balaban J connectivity index is 2.24. The van der Waals surface area contributed by atoms with Gasteiger partial charge in [0.15, 0.2) is 0 Å². The quantitative estimate of drug-likeness (QED) is 0.680. The van der Waals surface area contributed by atoms with Gasteiger partial charge < -0.3 is 5.32 Å². The highest BCUT2D eigenvalue weighted by molar-refractivity contribution is 5.07. The van der Waals surface area contributed by atoms with Gasteiger partial charge in [0.25, 0.3) is 0 Å². The molecule has 2 saturated heterocycles. The summed E-state index contributed by atoms with van der Waals surface area (Å²) in [5.41, 5.74) is 0.681. The topological polar surface area (TPSA) is 15.3 Å². The average molecular weight is 224 g/mol. The second-order valence-corrected chi connectivity index (χ2v) is 7.63. The van der Waals surface area contributed by atoms with E-state index >= 15 is 0 Å². The first-order valence-corrected chi connectivity index (χ1v) is 6.73. The van der Waals surface area contributed by atoms with Crippen molar-refractivity contribution in [3.8, 4) is 0 Å². The molecule has 0 aromatic rings. The number of fused-ring (bicyclic) bond motifs is 2. The molecule has 0 saturated carbocycles. The standard InChI is InChI=1S/C14H28N2/c1-13(2,3)12-11-8-7-10(9-15-12)16(11)14(4,5)6/h10-12,15H,7-9H2,1-6H3. The van der Waals surface area contributed by atoms with Crippen molar-refractivity contribution in [1.29, 1.82) is 0 Å². The Kier molecular flexibility index (Phi) is 2.87. The Morgan fingerprint density at radius 2 is 1.62 bits per heavy atom. The molecule has 2 aliphatic heterocycles. The molecule has 2 heterocycles. The van der Waals surface area contributed by atoms with Crippen molar-refractivity contribution < 1.29 is 0 Å². The molecule has 0 radical (unpaired) electrons. The summed E-state index contributed by atoms with van der Waals surface area (Å²) >= 11 is 0. The highest BCUT2D eigenvalue weighted by Gasteiger charge is 2.49. The van der Waals surface area contributed by atoms with Gasteiger partial charge in [-0.05, 0) is 39.0 Å². The second kappa shape index (κ2) is 3.71. The maximum atomic E-state index is 3.78. The van der Waals surface area contributed by atoms with Crippen LogP contribution in [0, 0.1) is 5.41 Å². The largest absolute Gasteiger partial charge is 0.310 e. The first-order chi connectivity index (χ1) is 7.21. The number of nitrogens with zero attached hydrogens (tertiary/aromatic N) is 1. The van der Waals surface area contributed by atoms with Gasteiger partial charge in [0, 0.05) is 30.2 Å². The normalized spacial score (nSPS) is 36.8. The number of rotatable bonds is 0. The van der Waals surface area contributed by atoms with Gasteiger partial charge in [0.2, 0.25) is 0 Å². The first-order valence-electron chi connectivity index (χ1n) is 6.73. The lowest BCUT2D eigenvalue weighted by Crippen LogP contribution is -2.66. The number of hydrogen-bond donors (Lipinski definition) is 1. The third kappa shape index (κ3) is 2.02. The highest BCUT2D eigenvalue weighted by Crippen LogP contribution is 2.40. The molecule has 2 aliphatic rings. The molecule has 2 heteroatoms. The van der Waals surface area contributed by atoms with Gasteiger partial charge in [0.1, 0.15) is 0 Å². The average Bonchev–Trinajstić information content (AvgIpc) is 2.37. The second-order valence-electron chi connectivity index (χ2n) is 7.63. The molecule has 0 amide bonds. The number of hydrogen-bond acceptors (Lipinski definition) is 2. The Morgan fingerprint density at radius 3 is 2.12 bits per heavy atom. The van der Waals surface area contributed by atoms with E-state index in [1.807, 2.05) is 0 Å². The smallest absolute Gasteiger partial charge is 0.0272 e. The van der Waals surface area contributed by atoms with E-state index in [0.717, 1.165) is 12.1 Å². The fraction of sp³-hybridized carbons (Fsp3) is 1.00. The fourth-order valence-corrected chi connectivity index (χ4v) is 3.77. The minimum atomic E-state index is 0.317. The molecule has 1 N–H and O–H groups in total. The van der Waals surface area contributed by atoms with Gasteiger partial charge in [-0.1, -0.05) is 20.8 Å². The van der Waals surface area contributed by atoms with E-state index in [4.69, 9.17) is 0 Å². The molecule has 2 fully saturated rings. The summed E-state index contributed by atoms with van der Waals surface area (Å²) in [5.74, 6) is 0. The zero-order valence-corrected chi connectivity index (χ0v) is 11.8. The van der Waals surface area contributed by atoms with Gasteiger partial charge in [-0.3, -0.25) is 4.90 Å². The van der Waals surface area contributed by atoms with Crippen LogP contribution in [0.15, 0.2) is 0 Å². The van der Waals surface area contributed by atoms with Crippen LogP contribution in [-0.4, -0.2) is 35.1 Å². The summed E-state index contributed by atoms with van der Waals surface area (Å²) < 4.78 is 0. The van der Waals surface area contributed by atoms with Crippen LogP contribution in [0.4, 0.5) is 0 Å². The molecule has 0 aromatic heterocycles. The zero-order chi connectivity index (χ0) is 12.1. The van der Waals surface area contributed by atoms with Crippen LogP contribution in [-0.2, 0) is 0 Å². The molecule has 3 atom stereocenters.